The number of fused-ring (bicyclic) bond motifs is 5. The molecule has 5 rings (SSSR count). The first kappa shape index (κ1) is 19.3. The van der Waals surface area contributed by atoms with Gasteiger partial charge in [0.25, 0.3) is 0 Å². The van der Waals surface area contributed by atoms with Gasteiger partial charge in [0, 0.05) is 18.8 Å². The van der Waals surface area contributed by atoms with Crippen molar-refractivity contribution in [2.24, 2.45) is 0 Å². The second-order valence-electron chi connectivity index (χ2n) is 8.57. The van der Waals surface area contributed by atoms with Crippen molar-refractivity contribution in [3.63, 3.8) is 0 Å². The summed E-state index contributed by atoms with van der Waals surface area (Å²) in [6.07, 6.45) is 4.35. The maximum Gasteiger partial charge on any atom is 0.410 e. The number of aliphatic hydroxyl groups is 1. The first-order valence-corrected chi connectivity index (χ1v) is 10.7. The molecule has 0 saturated carbocycles. The molecule has 1 amide bonds. The number of hydrogen-bond acceptors (Lipinski definition) is 4. The monoisotopic (exact) mass is 405 g/mol. The van der Waals surface area contributed by atoms with Crippen LogP contribution in [-0.4, -0.2) is 53.6 Å². The quantitative estimate of drug-likeness (QED) is 0.781. The zero-order valence-electron chi connectivity index (χ0n) is 17.2. The number of ether oxygens (including phenoxy) is 2. The Morgan fingerprint density at radius 2 is 1.67 bits per heavy atom. The second kappa shape index (κ2) is 7.56. The lowest BCUT2D eigenvalue weighted by atomic mass is 9.81. The van der Waals surface area contributed by atoms with Crippen LogP contribution in [0.4, 0.5) is 4.79 Å². The first-order chi connectivity index (χ1) is 14.6. The van der Waals surface area contributed by atoms with Gasteiger partial charge < -0.3 is 14.6 Å². The van der Waals surface area contributed by atoms with Crippen molar-refractivity contribution in [1.82, 2.24) is 4.90 Å². The van der Waals surface area contributed by atoms with E-state index in [0.717, 1.165) is 0 Å². The molecule has 0 radical (unpaired) electrons. The third kappa shape index (κ3) is 3.22. The van der Waals surface area contributed by atoms with Crippen LogP contribution in [0.2, 0.25) is 0 Å². The molecule has 2 fully saturated rings. The van der Waals surface area contributed by atoms with Gasteiger partial charge in [-0.1, -0.05) is 60.7 Å². The lowest BCUT2D eigenvalue weighted by Gasteiger charge is -2.50. The number of amides is 1. The Hall–Kier alpha value is -2.63. The molecular weight excluding hydrogens is 378 g/mol. The number of allylic oxidation sites excluding steroid dienone is 1. The van der Waals surface area contributed by atoms with Crippen LogP contribution in [0, 0.1) is 0 Å². The molecule has 2 unspecified atom stereocenters. The molecule has 30 heavy (non-hydrogen) atoms. The summed E-state index contributed by atoms with van der Waals surface area (Å²) in [5.74, 6) is 0.0437. The standard InChI is InChI=1S/C25H27NO4/c1-2-11-25(28)12-17-14-29-15-18(13-25)26(17)24(27)30-16-23-21-9-5-3-7-19(21)20-8-4-6-10-22(20)23/h2-11,17-18,23,28H,12-16H2,1H3/b11-2-. The van der Waals surface area contributed by atoms with Crippen LogP contribution in [0.25, 0.3) is 11.1 Å². The van der Waals surface area contributed by atoms with Gasteiger partial charge >= 0.3 is 6.09 Å². The van der Waals surface area contributed by atoms with Crippen molar-refractivity contribution in [2.75, 3.05) is 19.8 Å². The average Bonchev–Trinajstić information content (AvgIpc) is 3.05. The highest BCUT2D eigenvalue weighted by Crippen LogP contribution is 2.44. The molecule has 2 aliphatic heterocycles. The van der Waals surface area contributed by atoms with Crippen LogP contribution in [0.5, 0.6) is 0 Å². The van der Waals surface area contributed by atoms with Crippen LogP contribution < -0.4 is 0 Å². The molecule has 2 saturated heterocycles. The Bertz CT molecular complexity index is 925. The van der Waals surface area contributed by atoms with Gasteiger partial charge in [0.05, 0.1) is 30.9 Å². The molecule has 0 spiro atoms. The van der Waals surface area contributed by atoms with E-state index < -0.39 is 5.60 Å². The number of morpholine rings is 1. The van der Waals surface area contributed by atoms with E-state index in [4.69, 9.17) is 9.47 Å². The zero-order valence-corrected chi connectivity index (χ0v) is 17.2. The fourth-order valence-corrected chi connectivity index (χ4v) is 5.43. The predicted molar refractivity (Wildman–Crippen MR) is 114 cm³/mol. The lowest BCUT2D eigenvalue weighted by molar-refractivity contribution is -0.116. The molecule has 3 aliphatic rings. The number of hydrogen-bond donors (Lipinski definition) is 1. The summed E-state index contributed by atoms with van der Waals surface area (Å²) >= 11 is 0. The van der Waals surface area contributed by atoms with E-state index in [2.05, 4.69) is 24.3 Å². The molecule has 1 aliphatic carbocycles. The number of carbonyl (C=O) groups is 1. The van der Waals surface area contributed by atoms with Gasteiger partial charge in [-0.3, -0.25) is 4.90 Å². The molecule has 2 atom stereocenters. The van der Waals surface area contributed by atoms with E-state index in [-0.39, 0.29) is 24.1 Å². The van der Waals surface area contributed by atoms with E-state index in [0.29, 0.717) is 32.7 Å². The van der Waals surface area contributed by atoms with Crippen molar-refractivity contribution in [3.05, 3.63) is 71.8 Å². The smallest absolute Gasteiger partial charge is 0.410 e. The van der Waals surface area contributed by atoms with Crippen LogP contribution in [0.1, 0.15) is 36.8 Å². The van der Waals surface area contributed by atoms with Crippen molar-refractivity contribution >= 4 is 6.09 Å². The zero-order chi connectivity index (χ0) is 20.7. The first-order valence-electron chi connectivity index (χ1n) is 10.7. The molecular formula is C25H27NO4. The van der Waals surface area contributed by atoms with E-state index in [1.807, 2.05) is 43.3 Å². The Balaban J connectivity index is 1.34. The molecule has 1 N–H and O–H groups in total. The number of nitrogens with zero attached hydrogens (tertiary/aromatic N) is 1. The van der Waals surface area contributed by atoms with Crippen LogP contribution in [0.15, 0.2) is 60.7 Å². The highest BCUT2D eigenvalue weighted by molar-refractivity contribution is 5.79. The summed E-state index contributed by atoms with van der Waals surface area (Å²) in [6.45, 7) is 3.08. The van der Waals surface area contributed by atoms with Gasteiger partial charge in [0.2, 0.25) is 0 Å². The predicted octanol–water partition coefficient (Wildman–Crippen LogP) is 4.11. The molecule has 0 aromatic heterocycles. The van der Waals surface area contributed by atoms with E-state index >= 15 is 0 Å². The van der Waals surface area contributed by atoms with Crippen molar-refractivity contribution in [1.29, 1.82) is 0 Å². The largest absolute Gasteiger partial charge is 0.448 e. The third-order valence-corrected chi connectivity index (χ3v) is 6.61. The Morgan fingerprint density at radius 3 is 2.23 bits per heavy atom. The Morgan fingerprint density at radius 1 is 1.10 bits per heavy atom. The molecule has 156 valence electrons. The fraction of sp³-hybridized carbons (Fsp3) is 0.400. The summed E-state index contributed by atoms with van der Waals surface area (Å²) in [7, 11) is 0. The highest BCUT2D eigenvalue weighted by atomic mass is 16.6. The van der Waals surface area contributed by atoms with Gasteiger partial charge in [-0.2, -0.15) is 0 Å². The van der Waals surface area contributed by atoms with E-state index in [1.54, 1.807) is 4.90 Å². The molecule has 2 aromatic rings. The Labute approximate surface area is 176 Å². The molecule has 2 heterocycles. The normalized spacial score (nSPS) is 27.7. The summed E-state index contributed by atoms with van der Waals surface area (Å²) in [5.41, 5.74) is 3.96. The number of rotatable bonds is 3. The van der Waals surface area contributed by atoms with Gasteiger partial charge in [-0.25, -0.2) is 4.79 Å². The van der Waals surface area contributed by atoms with Crippen LogP contribution in [-0.2, 0) is 9.47 Å². The minimum Gasteiger partial charge on any atom is -0.448 e. The lowest BCUT2D eigenvalue weighted by Crippen LogP contribution is -2.63. The van der Waals surface area contributed by atoms with Crippen molar-refractivity contribution in [3.8, 4) is 11.1 Å². The average molecular weight is 405 g/mol. The third-order valence-electron chi connectivity index (χ3n) is 6.61. The van der Waals surface area contributed by atoms with Gasteiger partial charge in [0.15, 0.2) is 0 Å². The highest BCUT2D eigenvalue weighted by Gasteiger charge is 2.47. The summed E-state index contributed by atoms with van der Waals surface area (Å²) < 4.78 is 11.6. The summed E-state index contributed by atoms with van der Waals surface area (Å²) in [6, 6.07) is 16.3. The van der Waals surface area contributed by atoms with E-state index in [1.165, 1.54) is 22.3 Å². The molecule has 5 nitrogen and oxygen atoms in total. The Kier molecular flexibility index (Phi) is 4.88. The van der Waals surface area contributed by atoms with Gasteiger partial charge in [-0.05, 0) is 29.2 Å². The van der Waals surface area contributed by atoms with E-state index in [9.17, 15) is 9.90 Å². The molecule has 2 aromatic carbocycles. The molecule has 5 heteroatoms. The minimum atomic E-state index is -0.881. The summed E-state index contributed by atoms with van der Waals surface area (Å²) in [4.78, 5) is 14.9. The van der Waals surface area contributed by atoms with Gasteiger partial charge in [0.1, 0.15) is 6.61 Å². The number of carbonyl (C=O) groups excluding carboxylic acids is 1. The maximum absolute atomic E-state index is 13.1. The van der Waals surface area contributed by atoms with Crippen molar-refractivity contribution < 1.29 is 19.4 Å². The minimum absolute atomic E-state index is 0.0437. The van der Waals surface area contributed by atoms with Crippen LogP contribution >= 0.6 is 0 Å². The number of piperidine rings is 1. The van der Waals surface area contributed by atoms with Crippen LogP contribution in [0.3, 0.4) is 0 Å². The SMILES string of the molecule is C/C=C\C1(O)CC2COCC(C1)N2C(=O)OCC1c2ccccc2-c2ccccc21. The number of benzene rings is 2. The topological polar surface area (TPSA) is 59.0 Å². The summed E-state index contributed by atoms with van der Waals surface area (Å²) in [5, 5.41) is 10.9. The molecule has 2 bridgehead atoms. The maximum atomic E-state index is 13.1. The van der Waals surface area contributed by atoms with Gasteiger partial charge in [-0.15, -0.1) is 0 Å². The van der Waals surface area contributed by atoms with Crippen molar-refractivity contribution in [2.45, 2.75) is 43.4 Å². The second-order valence-corrected chi connectivity index (χ2v) is 8.57. The fourth-order valence-electron chi connectivity index (χ4n) is 5.43.